The molecule has 2 heterocycles. The van der Waals surface area contributed by atoms with Crippen LogP contribution >= 0.6 is 0 Å². The first-order chi connectivity index (χ1) is 12.6. The SMILES string of the molecule is CCCc1ccccc1C[C@H]1[C@H]2CC[C@H]3O[C@@]23[C@H]1c1nc(C(C)=O)co1. The monoisotopic (exact) mass is 351 g/mol. The molecule has 1 saturated heterocycles. The highest BCUT2D eigenvalue weighted by molar-refractivity contribution is 5.91. The predicted octanol–water partition coefficient (Wildman–Crippen LogP) is 4.33. The zero-order chi connectivity index (χ0) is 17.9. The van der Waals surface area contributed by atoms with Crippen molar-refractivity contribution in [1.29, 1.82) is 0 Å². The minimum Gasteiger partial charge on any atom is -0.448 e. The smallest absolute Gasteiger partial charge is 0.201 e. The summed E-state index contributed by atoms with van der Waals surface area (Å²) in [6, 6.07) is 8.80. The van der Waals surface area contributed by atoms with E-state index >= 15 is 0 Å². The number of aromatic nitrogens is 1. The molecule has 0 unspecified atom stereocenters. The number of carbonyl (C=O) groups excluding carboxylic acids is 1. The molecule has 0 bridgehead atoms. The lowest BCUT2D eigenvalue weighted by Crippen LogP contribution is -2.52. The van der Waals surface area contributed by atoms with Crippen LogP contribution in [0, 0.1) is 11.8 Å². The van der Waals surface area contributed by atoms with Crippen molar-refractivity contribution in [3.63, 3.8) is 0 Å². The summed E-state index contributed by atoms with van der Waals surface area (Å²) >= 11 is 0. The number of ether oxygens (including phenoxy) is 1. The van der Waals surface area contributed by atoms with Gasteiger partial charge in [-0.1, -0.05) is 37.6 Å². The van der Waals surface area contributed by atoms with Gasteiger partial charge in [-0.3, -0.25) is 4.79 Å². The number of rotatable bonds is 6. The van der Waals surface area contributed by atoms with Gasteiger partial charge in [-0.25, -0.2) is 4.98 Å². The Bertz CT molecular complexity index is 857. The Morgan fingerprint density at radius 3 is 2.77 bits per heavy atom. The van der Waals surface area contributed by atoms with E-state index in [9.17, 15) is 4.79 Å². The van der Waals surface area contributed by atoms with E-state index in [1.54, 1.807) is 0 Å². The van der Waals surface area contributed by atoms with Crippen LogP contribution < -0.4 is 0 Å². The average Bonchev–Trinajstić information content (AvgIpc) is 3.03. The van der Waals surface area contributed by atoms with Crippen LogP contribution in [0.5, 0.6) is 0 Å². The van der Waals surface area contributed by atoms with Crippen LogP contribution in [0.2, 0.25) is 0 Å². The summed E-state index contributed by atoms with van der Waals surface area (Å²) in [5.74, 6) is 1.92. The Kier molecular flexibility index (Phi) is 3.61. The molecule has 0 N–H and O–H groups in total. The van der Waals surface area contributed by atoms with Crippen LogP contribution in [0.25, 0.3) is 0 Å². The maximum atomic E-state index is 11.6. The van der Waals surface area contributed by atoms with Crippen LogP contribution in [-0.2, 0) is 17.6 Å². The molecule has 1 aromatic heterocycles. The average molecular weight is 351 g/mol. The second-order valence-electron chi connectivity index (χ2n) is 8.14. The van der Waals surface area contributed by atoms with E-state index in [0.29, 0.717) is 29.5 Å². The summed E-state index contributed by atoms with van der Waals surface area (Å²) in [6.45, 7) is 3.77. The van der Waals surface area contributed by atoms with Gasteiger partial charge in [0.25, 0.3) is 0 Å². The van der Waals surface area contributed by atoms with Crippen LogP contribution in [0.4, 0.5) is 0 Å². The number of hydrogen-bond acceptors (Lipinski definition) is 4. The highest BCUT2D eigenvalue weighted by Crippen LogP contribution is 2.73. The molecular formula is C22H25NO3. The zero-order valence-electron chi connectivity index (χ0n) is 15.4. The summed E-state index contributed by atoms with van der Waals surface area (Å²) < 4.78 is 11.9. The third-order valence-corrected chi connectivity index (χ3v) is 6.78. The number of oxazole rings is 1. The summed E-state index contributed by atoms with van der Waals surface area (Å²) in [7, 11) is 0. The molecule has 2 saturated carbocycles. The second-order valence-corrected chi connectivity index (χ2v) is 8.14. The molecule has 1 spiro atoms. The third kappa shape index (κ3) is 2.18. The first-order valence-corrected chi connectivity index (χ1v) is 9.86. The largest absolute Gasteiger partial charge is 0.448 e. The fourth-order valence-electron chi connectivity index (χ4n) is 5.63. The predicted molar refractivity (Wildman–Crippen MR) is 97.2 cm³/mol. The lowest BCUT2D eigenvalue weighted by molar-refractivity contribution is -0.0197. The number of benzene rings is 1. The van der Waals surface area contributed by atoms with Crippen LogP contribution in [0.3, 0.4) is 0 Å². The molecule has 26 heavy (non-hydrogen) atoms. The van der Waals surface area contributed by atoms with E-state index in [-0.39, 0.29) is 17.3 Å². The zero-order valence-corrected chi connectivity index (χ0v) is 15.4. The number of ketones is 1. The number of nitrogens with zero attached hydrogens (tertiary/aromatic N) is 1. The molecule has 4 heteroatoms. The van der Waals surface area contributed by atoms with Gasteiger partial charge in [0.15, 0.2) is 5.78 Å². The fraction of sp³-hybridized carbons (Fsp3) is 0.545. The Morgan fingerprint density at radius 2 is 2.08 bits per heavy atom. The van der Waals surface area contributed by atoms with Crippen molar-refractivity contribution in [3.8, 4) is 0 Å². The number of carbonyl (C=O) groups is 1. The molecule has 2 aromatic rings. The number of Topliss-reactive ketones (excluding diaryl/α,β-unsaturated/α-hetero) is 1. The van der Waals surface area contributed by atoms with Crippen molar-refractivity contribution in [2.45, 2.75) is 63.6 Å². The molecule has 1 aromatic carbocycles. The van der Waals surface area contributed by atoms with Crippen molar-refractivity contribution in [1.82, 2.24) is 4.98 Å². The molecule has 3 fully saturated rings. The molecule has 3 aliphatic rings. The van der Waals surface area contributed by atoms with Gasteiger partial charge in [0, 0.05) is 6.92 Å². The number of aryl methyl sites for hydroxylation is 1. The van der Waals surface area contributed by atoms with E-state index in [1.165, 1.54) is 30.7 Å². The quantitative estimate of drug-likeness (QED) is 0.574. The van der Waals surface area contributed by atoms with Crippen molar-refractivity contribution in [2.75, 3.05) is 0 Å². The maximum Gasteiger partial charge on any atom is 0.201 e. The summed E-state index contributed by atoms with van der Waals surface area (Å²) in [5, 5.41) is 0. The highest BCUT2D eigenvalue weighted by Gasteiger charge is 2.80. The normalized spacial score (nSPS) is 34.1. The summed E-state index contributed by atoms with van der Waals surface area (Å²) in [4.78, 5) is 16.2. The lowest BCUT2D eigenvalue weighted by Gasteiger charge is -2.48. The Hall–Kier alpha value is -1.94. The Morgan fingerprint density at radius 1 is 1.27 bits per heavy atom. The van der Waals surface area contributed by atoms with Gasteiger partial charge in [-0.05, 0) is 48.6 Å². The molecule has 5 rings (SSSR count). The molecule has 0 amide bonds. The van der Waals surface area contributed by atoms with E-state index in [1.807, 2.05) is 0 Å². The van der Waals surface area contributed by atoms with E-state index < -0.39 is 0 Å². The van der Waals surface area contributed by atoms with Gasteiger partial charge in [-0.2, -0.15) is 0 Å². The topological polar surface area (TPSA) is 55.6 Å². The van der Waals surface area contributed by atoms with Crippen molar-refractivity contribution in [3.05, 3.63) is 53.2 Å². The molecule has 1 aliphatic heterocycles. The molecule has 0 radical (unpaired) electrons. The third-order valence-electron chi connectivity index (χ3n) is 6.78. The second kappa shape index (κ2) is 5.78. The Labute approximate surface area is 154 Å². The standard InChI is InChI=1S/C22H25NO3/c1-3-6-14-7-4-5-8-15(14)11-16-17-9-10-19-22(17,26-19)20(16)21-23-18(12-25-21)13(2)24/h4-5,7-8,12,16-17,19-20H,3,6,9-11H2,1-2H3/t16-,17+,19+,20+,22-/m0/s1. The van der Waals surface area contributed by atoms with Crippen LogP contribution in [0.1, 0.15) is 66.5 Å². The van der Waals surface area contributed by atoms with E-state index in [2.05, 4.69) is 36.2 Å². The van der Waals surface area contributed by atoms with Gasteiger partial charge < -0.3 is 9.15 Å². The maximum absolute atomic E-state index is 11.6. The minimum absolute atomic E-state index is 0.0436. The minimum atomic E-state index is -0.0523. The fourth-order valence-corrected chi connectivity index (χ4v) is 5.63. The van der Waals surface area contributed by atoms with Gasteiger partial charge in [0.2, 0.25) is 5.89 Å². The van der Waals surface area contributed by atoms with Gasteiger partial charge in [0.1, 0.15) is 17.6 Å². The Balaban J connectivity index is 1.46. The van der Waals surface area contributed by atoms with Crippen LogP contribution in [-0.4, -0.2) is 22.5 Å². The number of epoxide rings is 1. The van der Waals surface area contributed by atoms with E-state index in [4.69, 9.17) is 9.15 Å². The summed E-state index contributed by atoms with van der Waals surface area (Å²) in [5.41, 5.74) is 3.28. The summed E-state index contributed by atoms with van der Waals surface area (Å²) in [6.07, 6.45) is 7.59. The highest BCUT2D eigenvalue weighted by atomic mass is 16.6. The first-order valence-electron chi connectivity index (χ1n) is 9.86. The van der Waals surface area contributed by atoms with E-state index in [0.717, 1.165) is 25.7 Å². The van der Waals surface area contributed by atoms with Crippen LogP contribution in [0.15, 0.2) is 34.9 Å². The first kappa shape index (κ1) is 16.2. The molecule has 4 nitrogen and oxygen atoms in total. The van der Waals surface area contributed by atoms with Crippen molar-refractivity contribution in [2.24, 2.45) is 11.8 Å². The van der Waals surface area contributed by atoms with Gasteiger partial charge in [-0.15, -0.1) is 0 Å². The van der Waals surface area contributed by atoms with Gasteiger partial charge in [0.05, 0.1) is 12.0 Å². The molecule has 136 valence electrons. The molecule has 2 aliphatic carbocycles. The molecule has 5 atom stereocenters. The number of hydrogen-bond donors (Lipinski definition) is 0. The molecular weight excluding hydrogens is 326 g/mol. The van der Waals surface area contributed by atoms with Crippen molar-refractivity contribution >= 4 is 5.78 Å². The van der Waals surface area contributed by atoms with Gasteiger partial charge >= 0.3 is 0 Å². The lowest BCUT2D eigenvalue weighted by atomic mass is 9.55. The van der Waals surface area contributed by atoms with Crippen molar-refractivity contribution < 1.29 is 13.9 Å².